The largest absolute Gasteiger partial charge is 0.452 e. The fourth-order valence-electron chi connectivity index (χ4n) is 1.84. The van der Waals surface area contributed by atoms with Gasteiger partial charge in [0.1, 0.15) is 6.29 Å². The van der Waals surface area contributed by atoms with Gasteiger partial charge in [0.05, 0.1) is 5.56 Å². The van der Waals surface area contributed by atoms with Crippen molar-refractivity contribution in [2.24, 2.45) is 0 Å². The lowest BCUT2D eigenvalue weighted by molar-refractivity contribution is -0.124. The molecule has 0 unspecified atom stereocenters. The molecule has 0 spiro atoms. The number of benzene rings is 2. The van der Waals surface area contributed by atoms with Crippen LogP contribution < -0.4 is 5.32 Å². The third kappa shape index (κ3) is 5.89. The van der Waals surface area contributed by atoms with E-state index in [2.05, 4.69) is 5.32 Å². The monoisotopic (exact) mass is 343 g/mol. The first-order valence-corrected chi connectivity index (χ1v) is 8.34. The number of carbonyl (C=O) groups is 3. The van der Waals surface area contributed by atoms with Crippen LogP contribution in [-0.2, 0) is 9.53 Å². The third-order valence-corrected chi connectivity index (χ3v) is 4.07. The van der Waals surface area contributed by atoms with Crippen molar-refractivity contribution < 1.29 is 19.1 Å². The van der Waals surface area contributed by atoms with Crippen LogP contribution >= 0.6 is 11.8 Å². The maximum Gasteiger partial charge on any atom is 0.338 e. The Balaban J connectivity index is 1.65. The van der Waals surface area contributed by atoms with E-state index in [1.54, 1.807) is 11.8 Å². The SMILES string of the molecule is O=Cc1ccc(C(=O)OCC(=O)NCCSc2ccccc2)cc1. The molecule has 1 N–H and O–H groups in total. The molecule has 124 valence electrons. The predicted octanol–water partition coefficient (Wildman–Crippen LogP) is 2.56. The van der Waals surface area contributed by atoms with Crippen LogP contribution in [0.5, 0.6) is 0 Å². The van der Waals surface area contributed by atoms with E-state index in [0.717, 1.165) is 10.6 Å². The van der Waals surface area contributed by atoms with Crippen LogP contribution in [0.2, 0.25) is 0 Å². The molecule has 0 radical (unpaired) electrons. The van der Waals surface area contributed by atoms with Gasteiger partial charge < -0.3 is 10.1 Å². The van der Waals surface area contributed by atoms with Gasteiger partial charge in [-0.15, -0.1) is 11.8 Å². The van der Waals surface area contributed by atoms with E-state index in [4.69, 9.17) is 4.74 Å². The Morgan fingerprint density at radius 3 is 2.42 bits per heavy atom. The summed E-state index contributed by atoms with van der Waals surface area (Å²) in [7, 11) is 0. The van der Waals surface area contributed by atoms with Gasteiger partial charge in [0.2, 0.25) is 0 Å². The Morgan fingerprint density at radius 1 is 1.04 bits per heavy atom. The van der Waals surface area contributed by atoms with Gasteiger partial charge in [-0.1, -0.05) is 30.3 Å². The van der Waals surface area contributed by atoms with Crippen LogP contribution in [0.1, 0.15) is 20.7 Å². The van der Waals surface area contributed by atoms with Crippen LogP contribution in [0.3, 0.4) is 0 Å². The molecule has 0 aliphatic rings. The molecule has 0 aromatic heterocycles. The molecule has 0 atom stereocenters. The third-order valence-electron chi connectivity index (χ3n) is 3.05. The zero-order valence-electron chi connectivity index (χ0n) is 12.9. The summed E-state index contributed by atoms with van der Waals surface area (Å²) in [6, 6.07) is 15.9. The molecule has 0 aliphatic carbocycles. The molecule has 0 bridgehead atoms. The average molecular weight is 343 g/mol. The highest BCUT2D eigenvalue weighted by atomic mass is 32.2. The standard InChI is InChI=1S/C18H17NO4S/c20-12-14-6-8-15(9-7-14)18(22)23-13-17(21)19-10-11-24-16-4-2-1-3-5-16/h1-9,12H,10-11,13H2,(H,19,21). The fraction of sp³-hybridized carbons (Fsp3) is 0.167. The number of ether oxygens (including phenoxy) is 1. The normalized spacial score (nSPS) is 10.0. The maximum absolute atomic E-state index is 11.8. The Morgan fingerprint density at radius 2 is 1.75 bits per heavy atom. The summed E-state index contributed by atoms with van der Waals surface area (Å²) < 4.78 is 4.93. The van der Waals surface area contributed by atoms with Crippen molar-refractivity contribution in [3.05, 3.63) is 65.7 Å². The number of amides is 1. The number of aldehydes is 1. The molecular weight excluding hydrogens is 326 g/mol. The summed E-state index contributed by atoms with van der Waals surface area (Å²) in [6.45, 7) is 0.161. The topological polar surface area (TPSA) is 72.5 Å². The molecule has 2 rings (SSSR count). The zero-order chi connectivity index (χ0) is 17.2. The van der Waals surface area contributed by atoms with Crippen LogP contribution in [-0.4, -0.2) is 37.1 Å². The number of carbonyl (C=O) groups excluding carboxylic acids is 3. The molecule has 0 saturated carbocycles. The fourth-order valence-corrected chi connectivity index (χ4v) is 2.63. The van der Waals surface area contributed by atoms with Crippen molar-refractivity contribution >= 4 is 29.9 Å². The molecule has 2 aromatic carbocycles. The molecule has 0 saturated heterocycles. The van der Waals surface area contributed by atoms with E-state index >= 15 is 0 Å². The van der Waals surface area contributed by atoms with Crippen molar-refractivity contribution in [2.45, 2.75) is 4.90 Å². The second kappa shape index (κ2) is 9.52. The summed E-state index contributed by atoms with van der Waals surface area (Å²) in [5.74, 6) is -0.209. The molecular formula is C18H17NO4S. The van der Waals surface area contributed by atoms with Crippen molar-refractivity contribution in [2.75, 3.05) is 18.9 Å². The highest BCUT2D eigenvalue weighted by Gasteiger charge is 2.09. The summed E-state index contributed by atoms with van der Waals surface area (Å²) in [5.41, 5.74) is 0.772. The van der Waals surface area contributed by atoms with Crippen molar-refractivity contribution in [3.63, 3.8) is 0 Å². The molecule has 5 nitrogen and oxygen atoms in total. The van der Waals surface area contributed by atoms with E-state index in [9.17, 15) is 14.4 Å². The van der Waals surface area contributed by atoms with E-state index in [-0.39, 0.29) is 12.5 Å². The van der Waals surface area contributed by atoms with Crippen LogP contribution in [0.4, 0.5) is 0 Å². The molecule has 0 fully saturated rings. The van der Waals surface area contributed by atoms with Gasteiger partial charge in [-0.25, -0.2) is 4.79 Å². The van der Waals surface area contributed by atoms with Crippen molar-refractivity contribution in [3.8, 4) is 0 Å². The lowest BCUT2D eigenvalue weighted by Crippen LogP contribution is -2.30. The number of esters is 1. The number of rotatable bonds is 8. The summed E-state index contributed by atoms with van der Waals surface area (Å²) in [5, 5.41) is 2.69. The average Bonchev–Trinajstić information content (AvgIpc) is 2.64. The Hall–Kier alpha value is -2.60. The van der Waals surface area contributed by atoms with E-state index < -0.39 is 5.97 Å². The van der Waals surface area contributed by atoms with Gasteiger partial charge in [-0.3, -0.25) is 9.59 Å². The highest BCUT2D eigenvalue weighted by molar-refractivity contribution is 7.99. The molecule has 6 heteroatoms. The second-order valence-corrected chi connectivity index (χ2v) is 6.00. The lowest BCUT2D eigenvalue weighted by atomic mass is 10.1. The minimum atomic E-state index is -0.596. The number of thioether (sulfide) groups is 1. The Kier molecular flexibility index (Phi) is 7.04. The predicted molar refractivity (Wildman–Crippen MR) is 92.3 cm³/mol. The molecule has 2 aromatic rings. The van der Waals surface area contributed by atoms with Gasteiger partial charge in [-0.05, 0) is 24.3 Å². The van der Waals surface area contributed by atoms with Crippen molar-refractivity contribution in [1.82, 2.24) is 5.32 Å². The summed E-state index contributed by atoms with van der Waals surface area (Å²) in [4.78, 5) is 35.1. The first-order chi connectivity index (χ1) is 11.7. The lowest BCUT2D eigenvalue weighted by Gasteiger charge is -2.07. The summed E-state index contributed by atoms with van der Waals surface area (Å²) in [6.07, 6.45) is 0.690. The van der Waals surface area contributed by atoms with Gasteiger partial charge >= 0.3 is 5.97 Å². The first kappa shape index (κ1) is 17.7. The van der Waals surface area contributed by atoms with Gasteiger partial charge in [-0.2, -0.15) is 0 Å². The summed E-state index contributed by atoms with van der Waals surface area (Å²) >= 11 is 1.64. The Labute approximate surface area is 144 Å². The Bertz CT molecular complexity index is 686. The smallest absolute Gasteiger partial charge is 0.338 e. The molecule has 24 heavy (non-hydrogen) atoms. The van der Waals surface area contributed by atoms with Crippen molar-refractivity contribution in [1.29, 1.82) is 0 Å². The quantitative estimate of drug-likeness (QED) is 0.345. The molecule has 1 amide bonds. The molecule has 0 heterocycles. The number of nitrogens with one attached hydrogen (secondary N) is 1. The number of hydrogen-bond acceptors (Lipinski definition) is 5. The van der Waals surface area contributed by atoms with Gasteiger partial charge in [0.15, 0.2) is 6.61 Å². The minimum Gasteiger partial charge on any atom is -0.452 e. The molecule has 0 aliphatic heterocycles. The highest BCUT2D eigenvalue weighted by Crippen LogP contribution is 2.15. The minimum absolute atomic E-state index is 0.299. The van der Waals surface area contributed by atoms with Crippen LogP contribution in [0.25, 0.3) is 0 Å². The van der Waals surface area contributed by atoms with Crippen LogP contribution in [0.15, 0.2) is 59.5 Å². The van der Waals surface area contributed by atoms with E-state index in [0.29, 0.717) is 24.0 Å². The van der Waals surface area contributed by atoms with E-state index in [1.165, 1.54) is 24.3 Å². The van der Waals surface area contributed by atoms with Gasteiger partial charge in [0, 0.05) is 22.8 Å². The maximum atomic E-state index is 11.8. The zero-order valence-corrected chi connectivity index (χ0v) is 13.8. The van der Waals surface area contributed by atoms with Crippen LogP contribution in [0, 0.1) is 0 Å². The van der Waals surface area contributed by atoms with Gasteiger partial charge in [0.25, 0.3) is 5.91 Å². The number of hydrogen-bond donors (Lipinski definition) is 1. The van der Waals surface area contributed by atoms with E-state index in [1.807, 2.05) is 30.3 Å². The second-order valence-electron chi connectivity index (χ2n) is 4.83. The first-order valence-electron chi connectivity index (χ1n) is 7.36.